The summed E-state index contributed by atoms with van der Waals surface area (Å²) in [5.74, 6) is 0.541. The van der Waals surface area contributed by atoms with Crippen molar-refractivity contribution in [1.82, 2.24) is 35.2 Å². The van der Waals surface area contributed by atoms with E-state index in [4.69, 9.17) is 4.98 Å². The quantitative estimate of drug-likeness (QED) is 0.405. The number of aliphatic hydroxyl groups excluding tert-OH is 1. The number of aryl methyl sites for hydroxylation is 2. The van der Waals surface area contributed by atoms with Crippen LogP contribution >= 0.6 is 0 Å². The highest BCUT2D eigenvalue weighted by atomic mass is 19.1. The molecule has 180 valence electrons. The van der Waals surface area contributed by atoms with Gasteiger partial charge in [0.15, 0.2) is 0 Å². The minimum atomic E-state index is -1.07. The summed E-state index contributed by atoms with van der Waals surface area (Å²) in [7, 11) is 0. The van der Waals surface area contributed by atoms with Crippen molar-refractivity contribution in [2.45, 2.75) is 45.4 Å². The van der Waals surface area contributed by atoms with Gasteiger partial charge in [-0.1, -0.05) is 12.1 Å². The van der Waals surface area contributed by atoms with E-state index >= 15 is 4.39 Å². The molecular weight excluding hydrogens is 447 g/mol. The lowest BCUT2D eigenvalue weighted by molar-refractivity contribution is 0.0120. The summed E-state index contributed by atoms with van der Waals surface area (Å²) in [6.45, 7) is 5.86. The maximum atomic E-state index is 15.2. The van der Waals surface area contributed by atoms with E-state index in [-0.39, 0.29) is 12.6 Å². The van der Waals surface area contributed by atoms with Gasteiger partial charge in [-0.25, -0.2) is 14.4 Å². The number of fused-ring (bicyclic) bond motifs is 2. The molecule has 2 aromatic heterocycles. The van der Waals surface area contributed by atoms with Crippen LogP contribution in [-0.4, -0.2) is 65.6 Å². The fourth-order valence-electron chi connectivity index (χ4n) is 5.20. The topological polar surface area (TPSA) is 106 Å². The number of nitrogens with one attached hydrogen (secondary N) is 2. The Hall–Kier alpha value is -3.47. The highest BCUT2D eigenvalue weighted by Crippen LogP contribution is 2.32. The van der Waals surface area contributed by atoms with Gasteiger partial charge in [0.2, 0.25) is 5.95 Å². The van der Waals surface area contributed by atoms with Crippen LogP contribution in [0.5, 0.6) is 0 Å². The van der Waals surface area contributed by atoms with Gasteiger partial charge in [-0.15, -0.1) is 0 Å². The predicted molar refractivity (Wildman–Crippen MR) is 130 cm³/mol. The van der Waals surface area contributed by atoms with Crippen LogP contribution in [0.25, 0.3) is 11.0 Å². The Balaban J connectivity index is 1.14. The Bertz CT molecular complexity index is 1370. The maximum Gasteiger partial charge on any atom is 0.227 e. The lowest BCUT2D eigenvalue weighted by atomic mass is 10.1. The Kier molecular flexibility index (Phi) is 5.43. The van der Waals surface area contributed by atoms with E-state index in [1.54, 1.807) is 17.0 Å². The van der Waals surface area contributed by atoms with E-state index in [1.807, 2.05) is 12.3 Å². The number of aromatic amines is 1. The zero-order chi connectivity index (χ0) is 24.1. The van der Waals surface area contributed by atoms with Crippen LogP contribution in [0.3, 0.4) is 0 Å². The Morgan fingerprint density at radius 3 is 2.69 bits per heavy atom. The molecule has 10 heteroatoms. The van der Waals surface area contributed by atoms with E-state index in [9.17, 15) is 5.11 Å². The van der Waals surface area contributed by atoms with Gasteiger partial charge in [0.05, 0.1) is 11.7 Å². The molecule has 0 spiro atoms. The molecule has 0 saturated carbocycles. The first-order chi connectivity index (χ1) is 16.9. The smallest absolute Gasteiger partial charge is 0.227 e. The monoisotopic (exact) mass is 474 g/mol. The molecule has 1 unspecified atom stereocenters. The number of halogens is 1. The summed E-state index contributed by atoms with van der Waals surface area (Å²) < 4.78 is 15.2. The number of anilines is 2. The van der Waals surface area contributed by atoms with Crippen molar-refractivity contribution >= 4 is 22.7 Å². The SMILES string of the molecule is Cc1cc(C)cc(Nc2ncc3c(n2)CN([C@@H]2CN(C(O)c4ccc5n[nH]nc5c4)C[C@@H]2F)C3)c1. The van der Waals surface area contributed by atoms with Crippen LogP contribution in [-0.2, 0) is 13.1 Å². The largest absolute Gasteiger partial charge is 0.374 e. The molecular formula is C25H27FN8O. The molecule has 1 fully saturated rings. The fraction of sp³-hybridized carbons (Fsp3) is 0.360. The lowest BCUT2D eigenvalue weighted by Gasteiger charge is -2.26. The number of likely N-dealkylation sites (tertiary alicyclic amines) is 1. The zero-order valence-corrected chi connectivity index (χ0v) is 19.6. The minimum absolute atomic E-state index is 0.167. The molecule has 0 bridgehead atoms. The van der Waals surface area contributed by atoms with E-state index in [0.29, 0.717) is 36.7 Å². The van der Waals surface area contributed by atoms with E-state index in [0.717, 1.165) is 22.5 Å². The number of hydrogen-bond acceptors (Lipinski definition) is 8. The second kappa shape index (κ2) is 8.63. The molecule has 2 aliphatic rings. The first kappa shape index (κ1) is 22.0. The molecule has 35 heavy (non-hydrogen) atoms. The molecule has 6 rings (SSSR count). The average Bonchev–Trinajstić information content (AvgIpc) is 3.54. The fourth-order valence-corrected chi connectivity index (χ4v) is 5.20. The van der Waals surface area contributed by atoms with Crippen molar-refractivity contribution in [3.63, 3.8) is 0 Å². The van der Waals surface area contributed by atoms with Gasteiger partial charge in [0, 0.05) is 43.6 Å². The predicted octanol–water partition coefficient (Wildman–Crippen LogP) is 3.14. The molecule has 0 amide bonds. The molecule has 9 nitrogen and oxygen atoms in total. The summed E-state index contributed by atoms with van der Waals surface area (Å²) >= 11 is 0. The van der Waals surface area contributed by atoms with Crippen molar-refractivity contribution in [3.8, 4) is 0 Å². The van der Waals surface area contributed by atoms with Crippen LogP contribution in [0.15, 0.2) is 42.6 Å². The number of benzene rings is 2. The van der Waals surface area contributed by atoms with Gasteiger partial charge in [-0.3, -0.25) is 9.80 Å². The van der Waals surface area contributed by atoms with Crippen molar-refractivity contribution in [2.75, 3.05) is 18.4 Å². The first-order valence-electron chi connectivity index (χ1n) is 11.7. The van der Waals surface area contributed by atoms with Crippen LogP contribution in [0.4, 0.5) is 16.0 Å². The third-order valence-corrected chi connectivity index (χ3v) is 6.86. The summed E-state index contributed by atoms with van der Waals surface area (Å²) in [6.07, 6.45) is -0.150. The number of hydrogen-bond donors (Lipinski definition) is 3. The van der Waals surface area contributed by atoms with Crippen LogP contribution < -0.4 is 5.32 Å². The Labute approximate surface area is 202 Å². The van der Waals surface area contributed by atoms with Crippen molar-refractivity contribution in [2.24, 2.45) is 0 Å². The number of rotatable bonds is 5. The van der Waals surface area contributed by atoms with Crippen molar-refractivity contribution in [1.29, 1.82) is 0 Å². The van der Waals surface area contributed by atoms with Gasteiger partial charge in [-0.05, 0) is 54.8 Å². The summed E-state index contributed by atoms with van der Waals surface area (Å²) in [5.41, 5.74) is 7.29. The number of aromatic nitrogens is 5. The van der Waals surface area contributed by atoms with Gasteiger partial charge in [0.25, 0.3) is 0 Å². The van der Waals surface area contributed by atoms with E-state index < -0.39 is 12.4 Å². The second-order valence-electron chi connectivity index (χ2n) is 9.55. The van der Waals surface area contributed by atoms with Crippen LogP contribution in [0.2, 0.25) is 0 Å². The van der Waals surface area contributed by atoms with Gasteiger partial charge in [0.1, 0.15) is 23.4 Å². The van der Waals surface area contributed by atoms with E-state index in [1.165, 1.54) is 11.1 Å². The molecule has 3 N–H and O–H groups in total. The third-order valence-electron chi connectivity index (χ3n) is 6.86. The Morgan fingerprint density at radius 2 is 1.86 bits per heavy atom. The highest BCUT2D eigenvalue weighted by Gasteiger charge is 2.41. The highest BCUT2D eigenvalue weighted by molar-refractivity contribution is 5.74. The van der Waals surface area contributed by atoms with E-state index in [2.05, 4.69) is 62.7 Å². The molecule has 4 heterocycles. The van der Waals surface area contributed by atoms with Crippen LogP contribution in [0.1, 0.15) is 34.2 Å². The van der Waals surface area contributed by atoms with Crippen molar-refractivity contribution in [3.05, 3.63) is 70.5 Å². The zero-order valence-electron chi connectivity index (χ0n) is 19.6. The normalized spacial score (nSPS) is 21.5. The number of H-pyrrole nitrogens is 1. The lowest BCUT2D eigenvalue weighted by Crippen LogP contribution is -2.38. The van der Waals surface area contributed by atoms with Gasteiger partial charge in [-0.2, -0.15) is 15.4 Å². The molecule has 3 atom stereocenters. The molecule has 0 aliphatic carbocycles. The summed E-state index contributed by atoms with van der Waals surface area (Å²) in [5, 5.41) is 24.9. The molecule has 2 aliphatic heterocycles. The molecule has 0 radical (unpaired) electrons. The standard InChI is InChI=1S/C25H27FN8O/c1-14-5-15(2)7-18(6-14)28-25-27-9-17-10-33(12-22(17)29-25)23-13-34(11-19(23)26)24(35)16-3-4-20-21(8-16)31-32-30-20/h3-9,19,23-24,35H,10-13H2,1-2H3,(H,27,28,29)(H,30,31,32)/t19-,23+,24?/m0/s1. The summed E-state index contributed by atoms with van der Waals surface area (Å²) in [4.78, 5) is 13.1. The molecule has 4 aromatic rings. The third kappa shape index (κ3) is 4.24. The van der Waals surface area contributed by atoms with Gasteiger partial charge < -0.3 is 10.4 Å². The van der Waals surface area contributed by atoms with Gasteiger partial charge >= 0.3 is 0 Å². The molecule has 1 saturated heterocycles. The van der Waals surface area contributed by atoms with Crippen molar-refractivity contribution < 1.29 is 9.50 Å². The number of nitrogens with zero attached hydrogens (tertiary/aromatic N) is 6. The number of alkyl halides is 1. The number of aliphatic hydroxyl groups is 1. The maximum absolute atomic E-state index is 15.2. The van der Waals surface area contributed by atoms with Crippen LogP contribution in [0, 0.1) is 13.8 Å². The average molecular weight is 475 g/mol. The Morgan fingerprint density at radius 1 is 1.06 bits per heavy atom. The second-order valence-corrected chi connectivity index (χ2v) is 9.55. The minimum Gasteiger partial charge on any atom is -0.374 e. The summed E-state index contributed by atoms with van der Waals surface area (Å²) in [6, 6.07) is 11.3. The first-order valence-corrected chi connectivity index (χ1v) is 11.7. The molecule has 2 aromatic carbocycles.